The molecule has 0 spiro atoms. The second-order valence-electron chi connectivity index (χ2n) is 13.6. The molecule has 10 heteroatoms. The summed E-state index contributed by atoms with van der Waals surface area (Å²) in [6.45, 7) is 17.1. The normalized spacial score (nSPS) is 32.4. The Bertz CT molecular complexity index is 978. The highest BCUT2D eigenvalue weighted by Crippen LogP contribution is 2.42. The van der Waals surface area contributed by atoms with E-state index in [-0.39, 0.29) is 24.4 Å². The summed E-state index contributed by atoms with van der Waals surface area (Å²) in [4.78, 5) is 15.0. The zero-order chi connectivity index (χ0) is 28.8. The maximum Gasteiger partial charge on any atom is 0.410 e. The predicted octanol–water partition coefficient (Wildman–Crippen LogP) is 4.06. The lowest BCUT2D eigenvalue weighted by Gasteiger charge is -2.43. The highest BCUT2D eigenvalue weighted by Gasteiger charge is 2.57. The summed E-state index contributed by atoms with van der Waals surface area (Å²) in [6, 6.07) is 9.07. The highest BCUT2D eigenvalue weighted by atomic mass is 28.4. The van der Waals surface area contributed by atoms with Gasteiger partial charge in [-0.15, -0.1) is 0 Å². The van der Waals surface area contributed by atoms with Crippen molar-refractivity contribution in [2.45, 2.75) is 121 Å². The summed E-state index contributed by atoms with van der Waals surface area (Å²) in [7, 11) is -2.15. The van der Waals surface area contributed by atoms with Crippen molar-refractivity contribution in [3.8, 4) is 0 Å². The number of benzene rings is 1. The van der Waals surface area contributed by atoms with Crippen molar-refractivity contribution < 1.29 is 38.4 Å². The molecule has 4 rings (SSSR count). The predicted molar refractivity (Wildman–Crippen MR) is 149 cm³/mol. The van der Waals surface area contributed by atoms with Gasteiger partial charge in [-0.25, -0.2) is 4.79 Å². The summed E-state index contributed by atoms with van der Waals surface area (Å²) in [5.74, 6) is -0.735. The molecule has 2 N–H and O–H groups in total. The Morgan fingerprint density at radius 1 is 1.15 bits per heavy atom. The van der Waals surface area contributed by atoms with Crippen LogP contribution in [0, 0.1) is 5.92 Å². The number of fused-ring (bicyclic) bond motifs is 2. The van der Waals surface area contributed by atoms with Crippen LogP contribution in [0.3, 0.4) is 0 Å². The molecule has 0 aliphatic carbocycles. The van der Waals surface area contributed by atoms with Crippen LogP contribution in [-0.4, -0.2) is 91.1 Å². The third-order valence-corrected chi connectivity index (χ3v) is 13.0. The van der Waals surface area contributed by atoms with Crippen LogP contribution in [-0.2, 0) is 30.0 Å². The topological polar surface area (TPSA) is 107 Å². The van der Waals surface area contributed by atoms with Gasteiger partial charge in [-0.1, -0.05) is 51.1 Å². The first-order valence-corrected chi connectivity index (χ1v) is 16.9. The van der Waals surface area contributed by atoms with Crippen molar-refractivity contribution in [2.75, 3.05) is 13.2 Å². The van der Waals surface area contributed by atoms with Gasteiger partial charge >= 0.3 is 6.09 Å². The molecule has 9 nitrogen and oxygen atoms in total. The Hall–Kier alpha value is -1.53. The fourth-order valence-electron chi connectivity index (χ4n) is 5.38. The first-order valence-electron chi connectivity index (χ1n) is 14.0. The largest absolute Gasteiger partial charge is 0.444 e. The first-order chi connectivity index (χ1) is 18.1. The van der Waals surface area contributed by atoms with Crippen LogP contribution in [0.4, 0.5) is 4.79 Å². The molecule has 0 unspecified atom stereocenters. The van der Waals surface area contributed by atoms with Gasteiger partial charge in [0, 0.05) is 12.5 Å². The van der Waals surface area contributed by atoms with Gasteiger partial charge in [0.1, 0.15) is 17.8 Å². The van der Waals surface area contributed by atoms with Crippen molar-refractivity contribution in [1.29, 1.82) is 0 Å². The monoisotopic (exact) mass is 565 g/mol. The van der Waals surface area contributed by atoms with Crippen molar-refractivity contribution >= 4 is 14.4 Å². The Balaban J connectivity index is 1.59. The molecule has 0 radical (unpaired) electrons. The SMILES string of the molecule is CC(C)(C)OC(=O)N1C[C@H](O[Si](C)(C)C(C)(C)C)C[C@H]1[C@H](O)[C@H]1[C@H](O)[C@H]2CO[C@@H](O2)[C@@H]1OCc1ccccc1. The average Bonchev–Trinajstić information content (AvgIpc) is 3.45. The van der Waals surface area contributed by atoms with Crippen molar-refractivity contribution in [2.24, 2.45) is 5.92 Å². The van der Waals surface area contributed by atoms with E-state index in [1.54, 1.807) is 4.90 Å². The van der Waals surface area contributed by atoms with Gasteiger partial charge in [-0.3, -0.25) is 4.90 Å². The molecule has 0 aromatic heterocycles. The molecule has 1 aromatic carbocycles. The molecular weight excluding hydrogens is 518 g/mol. The van der Waals surface area contributed by atoms with E-state index >= 15 is 0 Å². The van der Waals surface area contributed by atoms with E-state index in [2.05, 4.69) is 33.9 Å². The molecule has 3 fully saturated rings. The Morgan fingerprint density at radius 3 is 2.44 bits per heavy atom. The standard InChI is InChI=1S/C29H47NO8Si/c1-28(2,3)37-27(33)30-15-19(38-39(7,8)29(4,5)6)14-20(30)23(31)22-24(32)21-17-35-26(36-21)25(22)34-16-18-12-10-9-11-13-18/h9-13,19-26,31-32H,14-17H2,1-8H3/t19-,20+,21-,22+,23+,24-,25-,26+/m1/s1. The minimum absolute atomic E-state index is 0.00966. The molecule has 8 atom stereocenters. The fourth-order valence-corrected chi connectivity index (χ4v) is 6.74. The number of aliphatic hydroxyl groups is 2. The van der Waals surface area contributed by atoms with Gasteiger partial charge < -0.3 is 33.6 Å². The van der Waals surface area contributed by atoms with Gasteiger partial charge in [-0.2, -0.15) is 0 Å². The molecule has 2 bridgehead atoms. The molecule has 39 heavy (non-hydrogen) atoms. The van der Waals surface area contributed by atoms with Crippen LogP contribution < -0.4 is 0 Å². The van der Waals surface area contributed by atoms with E-state index in [1.807, 2.05) is 51.1 Å². The van der Waals surface area contributed by atoms with Crippen molar-refractivity contribution in [1.82, 2.24) is 4.90 Å². The number of rotatable bonds is 7. The van der Waals surface area contributed by atoms with Gasteiger partial charge in [0.25, 0.3) is 0 Å². The number of carbonyl (C=O) groups is 1. The van der Waals surface area contributed by atoms with Gasteiger partial charge in [0.2, 0.25) is 0 Å². The smallest absolute Gasteiger partial charge is 0.410 e. The molecule has 1 amide bonds. The maximum absolute atomic E-state index is 13.4. The van der Waals surface area contributed by atoms with Gasteiger partial charge in [0.15, 0.2) is 14.6 Å². The van der Waals surface area contributed by atoms with Crippen LogP contribution in [0.25, 0.3) is 0 Å². The summed E-state index contributed by atoms with van der Waals surface area (Å²) in [5.41, 5.74) is 0.261. The van der Waals surface area contributed by atoms with E-state index in [9.17, 15) is 15.0 Å². The number of carbonyl (C=O) groups excluding carboxylic acids is 1. The fraction of sp³-hybridized carbons (Fsp3) is 0.759. The van der Waals surface area contributed by atoms with Crippen LogP contribution in [0.15, 0.2) is 30.3 Å². The highest BCUT2D eigenvalue weighted by molar-refractivity contribution is 6.74. The molecular formula is C29H47NO8Si. The molecule has 3 saturated heterocycles. The zero-order valence-corrected chi connectivity index (χ0v) is 25.6. The lowest BCUT2D eigenvalue weighted by atomic mass is 9.81. The minimum atomic E-state index is -2.15. The molecule has 3 heterocycles. The number of hydrogen-bond donors (Lipinski definition) is 2. The lowest BCUT2D eigenvalue weighted by molar-refractivity contribution is -0.247. The minimum Gasteiger partial charge on any atom is -0.444 e. The van der Waals surface area contributed by atoms with Crippen LogP contribution in [0.5, 0.6) is 0 Å². The number of aliphatic hydroxyl groups excluding tert-OH is 2. The third kappa shape index (κ3) is 6.86. The Morgan fingerprint density at radius 2 is 1.82 bits per heavy atom. The zero-order valence-electron chi connectivity index (χ0n) is 24.6. The molecule has 1 aromatic rings. The van der Waals surface area contributed by atoms with E-state index in [0.717, 1.165) is 5.56 Å². The Labute approximate surface area is 233 Å². The summed E-state index contributed by atoms with van der Waals surface area (Å²) in [5, 5.41) is 23.2. The second kappa shape index (κ2) is 11.4. The van der Waals surface area contributed by atoms with E-state index in [0.29, 0.717) is 13.0 Å². The van der Waals surface area contributed by atoms with Crippen molar-refractivity contribution in [3.63, 3.8) is 0 Å². The number of nitrogens with zero attached hydrogens (tertiary/aromatic N) is 1. The lowest BCUT2D eigenvalue weighted by Crippen LogP contribution is -2.59. The third-order valence-electron chi connectivity index (χ3n) is 8.43. The summed E-state index contributed by atoms with van der Waals surface area (Å²) >= 11 is 0. The number of amides is 1. The maximum atomic E-state index is 13.4. The van der Waals surface area contributed by atoms with E-state index in [4.69, 9.17) is 23.4 Å². The molecule has 0 saturated carbocycles. The van der Waals surface area contributed by atoms with Crippen molar-refractivity contribution in [3.05, 3.63) is 35.9 Å². The van der Waals surface area contributed by atoms with Crippen LogP contribution in [0.2, 0.25) is 18.1 Å². The number of likely N-dealkylation sites (tertiary alicyclic amines) is 1. The van der Waals surface area contributed by atoms with Gasteiger partial charge in [-0.05, 0) is 50.9 Å². The van der Waals surface area contributed by atoms with Gasteiger partial charge in [0.05, 0.1) is 37.6 Å². The van der Waals surface area contributed by atoms with Crippen LogP contribution >= 0.6 is 0 Å². The first kappa shape index (κ1) is 30.4. The number of ether oxygens (including phenoxy) is 4. The van der Waals surface area contributed by atoms with E-state index < -0.39 is 62.7 Å². The molecule has 3 aliphatic heterocycles. The molecule has 3 aliphatic rings. The second-order valence-corrected chi connectivity index (χ2v) is 18.4. The average molecular weight is 566 g/mol. The van der Waals surface area contributed by atoms with Crippen LogP contribution in [0.1, 0.15) is 53.5 Å². The van der Waals surface area contributed by atoms with E-state index in [1.165, 1.54) is 0 Å². The summed E-state index contributed by atoms with van der Waals surface area (Å²) in [6.07, 6.45) is -4.48. The molecule has 220 valence electrons. The quantitative estimate of drug-likeness (QED) is 0.477. The summed E-state index contributed by atoms with van der Waals surface area (Å²) < 4.78 is 30.4. The number of hydrogen-bond acceptors (Lipinski definition) is 8. The Kier molecular flexibility index (Phi) is 8.88.